The van der Waals surface area contributed by atoms with Gasteiger partial charge in [0.2, 0.25) is 0 Å². The van der Waals surface area contributed by atoms with Crippen LogP contribution in [0.3, 0.4) is 0 Å². The van der Waals surface area contributed by atoms with Gasteiger partial charge in [-0.25, -0.2) is 0 Å². The molecule has 1 heterocycles. The standard InChI is InChI=1S/C12H17ClN2/c1-2-12(5-3-6-12)9-15-11-4-7-14-8-10(11)13/h4,7-8H,2-3,5-6,9H2,1H3,(H,14,15). The van der Waals surface area contributed by atoms with Crippen LogP contribution in [0, 0.1) is 5.41 Å². The fourth-order valence-electron chi connectivity index (χ4n) is 2.13. The number of nitrogens with zero attached hydrogens (tertiary/aromatic N) is 1. The van der Waals surface area contributed by atoms with Gasteiger partial charge < -0.3 is 5.32 Å². The third-order valence-corrected chi connectivity index (χ3v) is 3.89. The van der Waals surface area contributed by atoms with Crippen molar-refractivity contribution in [3.05, 3.63) is 23.5 Å². The Morgan fingerprint density at radius 3 is 2.87 bits per heavy atom. The lowest BCUT2D eigenvalue weighted by atomic mass is 9.67. The van der Waals surface area contributed by atoms with Crippen LogP contribution in [0.2, 0.25) is 5.02 Å². The molecule has 0 aromatic carbocycles. The molecular weight excluding hydrogens is 208 g/mol. The molecule has 0 bridgehead atoms. The smallest absolute Gasteiger partial charge is 0.0820 e. The Morgan fingerprint density at radius 1 is 1.53 bits per heavy atom. The summed E-state index contributed by atoms with van der Waals surface area (Å²) in [5.41, 5.74) is 1.53. The van der Waals surface area contributed by atoms with Gasteiger partial charge in [0.05, 0.1) is 10.7 Å². The van der Waals surface area contributed by atoms with E-state index in [0.717, 1.165) is 12.2 Å². The van der Waals surface area contributed by atoms with Gasteiger partial charge in [-0.2, -0.15) is 0 Å². The zero-order chi connectivity index (χ0) is 10.7. The summed E-state index contributed by atoms with van der Waals surface area (Å²) in [6.45, 7) is 3.31. The molecule has 0 amide bonds. The number of hydrogen-bond acceptors (Lipinski definition) is 2. The molecule has 0 atom stereocenters. The third-order valence-electron chi connectivity index (χ3n) is 3.59. The minimum atomic E-state index is 0.520. The van der Waals surface area contributed by atoms with E-state index in [-0.39, 0.29) is 0 Å². The molecule has 1 aromatic rings. The second-order valence-electron chi connectivity index (χ2n) is 4.42. The van der Waals surface area contributed by atoms with Crippen molar-refractivity contribution in [3.63, 3.8) is 0 Å². The summed E-state index contributed by atoms with van der Waals surface area (Å²) in [5.74, 6) is 0. The van der Waals surface area contributed by atoms with Crippen molar-refractivity contribution < 1.29 is 0 Å². The zero-order valence-electron chi connectivity index (χ0n) is 9.09. The van der Waals surface area contributed by atoms with E-state index < -0.39 is 0 Å². The zero-order valence-corrected chi connectivity index (χ0v) is 9.85. The number of aromatic nitrogens is 1. The van der Waals surface area contributed by atoms with Gasteiger partial charge in [-0.1, -0.05) is 24.9 Å². The largest absolute Gasteiger partial charge is 0.383 e. The molecule has 1 aromatic heterocycles. The molecule has 0 radical (unpaired) electrons. The van der Waals surface area contributed by atoms with E-state index in [4.69, 9.17) is 11.6 Å². The normalized spacial score (nSPS) is 18.3. The highest BCUT2D eigenvalue weighted by atomic mass is 35.5. The molecule has 1 N–H and O–H groups in total. The van der Waals surface area contributed by atoms with Crippen LogP contribution in [-0.2, 0) is 0 Å². The van der Waals surface area contributed by atoms with E-state index in [1.165, 1.54) is 25.7 Å². The van der Waals surface area contributed by atoms with Gasteiger partial charge in [-0.05, 0) is 30.7 Å². The highest BCUT2D eigenvalue weighted by molar-refractivity contribution is 6.33. The van der Waals surface area contributed by atoms with Crippen molar-refractivity contribution in [3.8, 4) is 0 Å². The molecule has 82 valence electrons. The summed E-state index contributed by atoms with van der Waals surface area (Å²) in [7, 11) is 0. The molecule has 1 fully saturated rings. The molecule has 2 nitrogen and oxygen atoms in total. The minimum Gasteiger partial charge on any atom is -0.383 e. The number of rotatable bonds is 4. The van der Waals surface area contributed by atoms with Gasteiger partial charge in [0, 0.05) is 18.9 Å². The Labute approximate surface area is 96.1 Å². The van der Waals surface area contributed by atoms with Crippen LogP contribution in [0.25, 0.3) is 0 Å². The SMILES string of the molecule is CCC1(CNc2ccncc2Cl)CCC1. The summed E-state index contributed by atoms with van der Waals surface area (Å²) >= 11 is 6.03. The van der Waals surface area contributed by atoms with Crippen LogP contribution < -0.4 is 5.32 Å². The molecule has 0 aliphatic heterocycles. The monoisotopic (exact) mass is 224 g/mol. The van der Waals surface area contributed by atoms with Crippen LogP contribution in [0.1, 0.15) is 32.6 Å². The summed E-state index contributed by atoms with van der Waals surface area (Å²) in [6, 6.07) is 1.93. The second-order valence-corrected chi connectivity index (χ2v) is 4.82. The topological polar surface area (TPSA) is 24.9 Å². The van der Waals surface area contributed by atoms with Crippen LogP contribution in [0.4, 0.5) is 5.69 Å². The maximum atomic E-state index is 6.03. The van der Waals surface area contributed by atoms with Crippen molar-refractivity contribution in [1.82, 2.24) is 4.98 Å². The highest BCUT2D eigenvalue weighted by Gasteiger charge is 2.34. The number of pyridine rings is 1. The number of anilines is 1. The van der Waals surface area contributed by atoms with E-state index in [2.05, 4.69) is 17.2 Å². The van der Waals surface area contributed by atoms with Crippen molar-refractivity contribution in [2.45, 2.75) is 32.6 Å². The Hall–Kier alpha value is -0.760. The molecule has 0 unspecified atom stereocenters. The van der Waals surface area contributed by atoms with Crippen molar-refractivity contribution in [1.29, 1.82) is 0 Å². The maximum Gasteiger partial charge on any atom is 0.0820 e. The predicted octanol–water partition coefficient (Wildman–Crippen LogP) is 3.73. The molecule has 0 saturated heterocycles. The van der Waals surface area contributed by atoms with Crippen LogP contribution in [0.15, 0.2) is 18.5 Å². The lowest BCUT2D eigenvalue weighted by Gasteiger charge is -2.41. The lowest BCUT2D eigenvalue weighted by Crippen LogP contribution is -2.35. The van der Waals surface area contributed by atoms with E-state index in [9.17, 15) is 0 Å². The van der Waals surface area contributed by atoms with Gasteiger partial charge in [-0.3, -0.25) is 4.98 Å². The molecule has 3 heteroatoms. The van der Waals surface area contributed by atoms with E-state index in [1.54, 1.807) is 12.4 Å². The van der Waals surface area contributed by atoms with Crippen molar-refractivity contribution in [2.75, 3.05) is 11.9 Å². The summed E-state index contributed by atoms with van der Waals surface area (Å²) in [6.07, 6.45) is 8.78. The van der Waals surface area contributed by atoms with Crippen LogP contribution in [0.5, 0.6) is 0 Å². The van der Waals surface area contributed by atoms with Crippen LogP contribution in [-0.4, -0.2) is 11.5 Å². The number of hydrogen-bond donors (Lipinski definition) is 1. The van der Waals surface area contributed by atoms with Gasteiger partial charge in [0.1, 0.15) is 0 Å². The Kier molecular flexibility index (Phi) is 3.15. The first-order valence-electron chi connectivity index (χ1n) is 5.59. The van der Waals surface area contributed by atoms with Crippen molar-refractivity contribution in [2.24, 2.45) is 5.41 Å². The Balaban J connectivity index is 1.95. The molecule has 15 heavy (non-hydrogen) atoms. The van der Waals surface area contributed by atoms with Gasteiger partial charge >= 0.3 is 0 Å². The molecule has 1 saturated carbocycles. The summed E-state index contributed by atoms with van der Waals surface area (Å²) < 4.78 is 0. The molecule has 1 aliphatic carbocycles. The second kappa shape index (κ2) is 4.40. The number of halogens is 1. The first-order chi connectivity index (χ1) is 7.26. The van der Waals surface area contributed by atoms with E-state index in [1.807, 2.05) is 6.07 Å². The average molecular weight is 225 g/mol. The molecular formula is C12H17ClN2. The average Bonchev–Trinajstić information content (AvgIpc) is 2.19. The summed E-state index contributed by atoms with van der Waals surface area (Å²) in [4.78, 5) is 3.97. The quantitative estimate of drug-likeness (QED) is 0.843. The summed E-state index contributed by atoms with van der Waals surface area (Å²) in [5, 5.41) is 4.15. The first-order valence-corrected chi connectivity index (χ1v) is 5.97. The molecule has 2 rings (SSSR count). The first kappa shape index (κ1) is 10.7. The highest BCUT2D eigenvalue weighted by Crippen LogP contribution is 2.43. The fraction of sp³-hybridized carbons (Fsp3) is 0.583. The fourth-order valence-corrected chi connectivity index (χ4v) is 2.32. The molecule has 1 aliphatic rings. The van der Waals surface area contributed by atoms with Gasteiger partial charge in [-0.15, -0.1) is 0 Å². The van der Waals surface area contributed by atoms with E-state index in [0.29, 0.717) is 10.4 Å². The Bertz CT molecular complexity index is 329. The van der Waals surface area contributed by atoms with E-state index >= 15 is 0 Å². The molecule has 0 spiro atoms. The number of nitrogens with one attached hydrogen (secondary N) is 1. The lowest BCUT2D eigenvalue weighted by molar-refractivity contribution is 0.145. The maximum absolute atomic E-state index is 6.03. The Morgan fingerprint density at radius 2 is 2.33 bits per heavy atom. The third kappa shape index (κ3) is 2.25. The van der Waals surface area contributed by atoms with Gasteiger partial charge in [0.15, 0.2) is 0 Å². The van der Waals surface area contributed by atoms with Crippen LogP contribution >= 0.6 is 11.6 Å². The van der Waals surface area contributed by atoms with Gasteiger partial charge in [0.25, 0.3) is 0 Å². The van der Waals surface area contributed by atoms with Crippen molar-refractivity contribution >= 4 is 17.3 Å². The predicted molar refractivity (Wildman–Crippen MR) is 64.3 cm³/mol. The minimum absolute atomic E-state index is 0.520.